The highest BCUT2D eigenvalue weighted by atomic mass is 32.2. The Bertz CT molecular complexity index is 1920. The van der Waals surface area contributed by atoms with Crippen molar-refractivity contribution in [3.63, 3.8) is 0 Å². The van der Waals surface area contributed by atoms with Crippen molar-refractivity contribution in [2.45, 2.75) is 11.4 Å². The fourth-order valence-electron chi connectivity index (χ4n) is 4.46. The number of hydrogen-bond acceptors (Lipinski definition) is 7. The van der Waals surface area contributed by atoms with Crippen molar-refractivity contribution in [1.82, 2.24) is 4.98 Å². The molecule has 1 aliphatic heterocycles. The van der Waals surface area contributed by atoms with Gasteiger partial charge in [-0.05, 0) is 53.6 Å². The van der Waals surface area contributed by atoms with Gasteiger partial charge in [0.2, 0.25) is 11.8 Å². The number of sulfonamides is 1. The molecule has 0 bridgehead atoms. The van der Waals surface area contributed by atoms with Crippen molar-refractivity contribution < 1.29 is 30.4 Å². The molecule has 0 saturated carbocycles. The number of methoxy groups -OCH3 is 1. The number of para-hydroxylation sites is 1. The number of benzene rings is 3. The number of nitrogens with zero attached hydrogens (tertiary/aromatic N) is 3. The lowest BCUT2D eigenvalue weighted by Gasteiger charge is -2.33. The van der Waals surface area contributed by atoms with Crippen LogP contribution in [-0.2, 0) is 26.4 Å². The number of halogens is 2. The van der Waals surface area contributed by atoms with E-state index in [1.165, 1.54) is 25.6 Å². The van der Waals surface area contributed by atoms with E-state index >= 15 is 0 Å². The monoisotopic (exact) mass is 627 g/mol. The fourth-order valence-corrected chi connectivity index (χ4v) is 5.99. The maximum absolute atomic E-state index is 14.3. The van der Waals surface area contributed by atoms with Crippen LogP contribution in [0.2, 0.25) is 0 Å². The van der Waals surface area contributed by atoms with Gasteiger partial charge < -0.3 is 15.0 Å². The summed E-state index contributed by atoms with van der Waals surface area (Å²) in [6, 6.07) is 18.7. The lowest BCUT2D eigenvalue weighted by Crippen LogP contribution is -2.40. The number of aromatic nitrogens is 1. The molecule has 4 aromatic rings. The number of sulfone groups is 1. The Morgan fingerprint density at radius 2 is 1.77 bits per heavy atom. The molecule has 14 heteroatoms. The molecule has 43 heavy (non-hydrogen) atoms. The molecule has 0 radical (unpaired) electrons. The Labute approximate surface area is 248 Å². The summed E-state index contributed by atoms with van der Waals surface area (Å²) in [5.41, 5.74) is 3.71. The maximum Gasteiger partial charge on any atom is 0.264 e. The minimum atomic E-state index is -4.45. The highest BCUT2D eigenvalue weighted by molar-refractivity contribution is 7.92. The van der Waals surface area contributed by atoms with Crippen LogP contribution in [0.25, 0.3) is 11.1 Å². The van der Waals surface area contributed by atoms with Gasteiger partial charge in [0.15, 0.2) is 0 Å². The number of hydrogen-bond donors (Lipinski definition) is 2. The number of guanidine groups is 1. The summed E-state index contributed by atoms with van der Waals surface area (Å²) in [7, 11) is -6.32. The molecule has 0 saturated heterocycles. The summed E-state index contributed by atoms with van der Waals surface area (Å²) in [5, 5.41) is 3.29. The second-order valence-electron chi connectivity index (χ2n) is 9.71. The molecule has 1 aromatic heterocycles. The Hall–Kier alpha value is -4.56. The van der Waals surface area contributed by atoms with Gasteiger partial charge in [0.1, 0.15) is 32.1 Å². The third kappa shape index (κ3) is 6.92. The van der Waals surface area contributed by atoms with Gasteiger partial charge in [0.25, 0.3) is 10.0 Å². The lowest BCUT2D eigenvalue weighted by atomic mass is 10.0. The molecule has 5 rings (SSSR count). The van der Waals surface area contributed by atoms with Gasteiger partial charge in [0.05, 0.1) is 26.0 Å². The molecular formula is C29H27F2N5O5S2. The fraction of sp³-hybridized carbons (Fsp3) is 0.172. The molecule has 0 fully saturated rings. The van der Waals surface area contributed by atoms with Gasteiger partial charge >= 0.3 is 0 Å². The van der Waals surface area contributed by atoms with Crippen LogP contribution in [0.5, 0.6) is 5.88 Å². The summed E-state index contributed by atoms with van der Waals surface area (Å²) in [6.45, 7) is 0.501. The van der Waals surface area contributed by atoms with Crippen LogP contribution in [0, 0.1) is 11.6 Å². The molecule has 10 nitrogen and oxygen atoms in total. The Balaban J connectivity index is 1.48. The van der Waals surface area contributed by atoms with Crippen molar-refractivity contribution in [1.29, 1.82) is 0 Å². The second kappa shape index (κ2) is 12.0. The van der Waals surface area contributed by atoms with Gasteiger partial charge in [-0.15, -0.1) is 0 Å². The van der Waals surface area contributed by atoms with Crippen molar-refractivity contribution in [3.05, 3.63) is 96.2 Å². The van der Waals surface area contributed by atoms with Crippen molar-refractivity contribution >= 4 is 42.9 Å². The van der Waals surface area contributed by atoms with Gasteiger partial charge in [0, 0.05) is 35.5 Å². The first-order chi connectivity index (χ1) is 20.4. The highest BCUT2D eigenvalue weighted by Gasteiger charge is 2.25. The third-order valence-corrected chi connectivity index (χ3v) is 8.86. The zero-order valence-corrected chi connectivity index (χ0v) is 24.7. The van der Waals surface area contributed by atoms with E-state index < -0.39 is 36.4 Å². The zero-order chi connectivity index (χ0) is 30.8. The largest absolute Gasteiger partial charge is 0.480 e. The summed E-state index contributed by atoms with van der Waals surface area (Å²) in [6.07, 6.45) is 2.68. The van der Waals surface area contributed by atoms with Crippen LogP contribution in [0.15, 0.2) is 88.9 Å². The first-order valence-corrected chi connectivity index (χ1v) is 16.4. The molecule has 3 aromatic carbocycles. The Morgan fingerprint density at radius 1 is 1.00 bits per heavy atom. The van der Waals surface area contributed by atoms with Crippen molar-refractivity contribution in [3.8, 4) is 17.0 Å². The SMILES string of the molecule is COc1ncc(-c2ccc3c(c2)CN(c2ccccc2)C(=NCCS(C)(=O)=O)N3)cc1NS(=O)(=O)c1ccc(F)cc1F. The lowest BCUT2D eigenvalue weighted by molar-refractivity contribution is 0.400. The highest BCUT2D eigenvalue weighted by Crippen LogP contribution is 2.34. The van der Waals surface area contributed by atoms with E-state index in [1.54, 1.807) is 6.07 Å². The van der Waals surface area contributed by atoms with E-state index in [0.717, 1.165) is 29.1 Å². The normalized spacial score (nSPS) is 14.2. The van der Waals surface area contributed by atoms with Crippen LogP contribution < -0.4 is 19.7 Å². The van der Waals surface area contributed by atoms with Gasteiger partial charge in [-0.25, -0.2) is 30.6 Å². The molecule has 2 N–H and O–H groups in total. The Morgan fingerprint density at radius 3 is 2.47 bits per heavy atom. The standard InChI is InChI=1S/C29H27F2N5O5S2/c1-41-28-26(35-43(39,40)27-11-9-22(30)16-24(27)31)15-20(17-33-28)19-8-10-25-21(14-19)18-36(23-6-4-3-5-7-23)29(34-25)32-12-13-42(2,37)38/h3-11,14-17,35H,12-13,18H2,1-2H3,(H,32,34). The first-order valence-electron chi connectivity index (χ1n) is 12.9. The predicted molar refractivity (Wildman–Crippen MR) is 162 cm³/mol. The summed E-state index contributed by atoms with van der Waals surface area (Å²) >= 11 is 0. The molecule has 0 atom stereocenters. The van der Waals surface area contributed by atoms with Crippen LogP contribution >= 0.6 is 0 Å². The first kappa shape index (κ1) is 29.9. The molecule has 1 aliphatic rings. The van der Waals surface area contributed by atoms with E-state index in [9.17, 15) is 25.6 Å². The van der Waals surface area contributed by atoms with E-state index in [-0.39, 0.29) is 23.9 Å². The molecule has 0 amide bonds. The van der Waals surface area contributed by atoms with E-state index in [0.29, 0.717) is 29.7 Å². The minimum absolute atomic E-state index is 0.0363. The number of ether oxygens (including phenoxy) is 1. The molecule has 2 heterocycles. The van der Waals surface area contributed by atoms with Crippen molar-refractivity contribution in [2.24, 2.45) is 4.99 Å². The number of aliphatic imine (C=N–C) groups is 1. The number of nitrogens with one attached hydrogen (secondary N) is 2. The minimum Gasteiger partial charge on any atom is -0.480 e. The van der Waals surface area contributed by atoms with Gasteiger partial charge in [-0.2, -0.15) is 0 Å². The molecule has 0 aliphatic carbocycles. The van der Waals surface area contributed by atoms with Crippen LogP contribution in [-0.4, -0.2) is 53.4 Å². The molecule has 0 unspecified atom stereocenters. The number of pyridine rings is 1. The third-order valence-electron chi connectivity index (χ3n) is 6.53. The number of fused-ring (bicyclic) bond motifs is 1. The van der Waals surface area contributed by atoms with E-state index in [2.05, 4.69) is 20.0 Å². The van der Waals surface area contributed by atoms with E-state index in [4.69, 9.17) is 4.74 Å². The van der Waals surface area contributed by atoms with Gasteiger partial charge in [-0.3, -0.25) is 9.71 Å². The Kier molecular flexibility index (Phi) is 8.33. The zero-order valence-electron chi connectivity index (χ0n) is 23.1. The van der Waals surface area contributed by atoms with Crippen LogP contribution in [0.3, 0.4) is 0 Å². The average molecular weight is 628 g/mol. The number of anilines is 3. The second-order valence-corrected chi connectivity index (χ2v) is 13.6. The van der Waals surface area contributed by atoms with Crippen LogP contribution in [0.4, 0.5) is 25.8 Å². The summed E-state index contributed by atoms with van der Waals surface area (Å²) in [4.78, 5) is 9.96. The average Bonchev–Trinajstić information content (AvgIpc) is 2.96. The van der Waals surface area contributed by atoms with Crippen LogP contribution in [0.1, 0.15) is 5.56 Å². The van der Waals surface area contributed by atoms with Gasteiger partial charge in [-0.1, -0.05) is 24.3 Å². The quantitative estimate of drug-likeness (QED) is 0.274. The predicted octanol–water partition coefficient (Wildman–Crippen LogP) is 4.67. The molecular weight excluding hydrogens is 600 g/mol. The summed E-state index contributed by atoms with van der Waals surface area (Å²) in [5.74, 6) is -1.76. The smallest absolute Gasteiger partial charge is 0.264 e. The number of rotatable bonds is 9. The van der Waals surface area contributed by atoms with Crippen molar-refractivity contribution in [2.75, 3.05) is 40.6 Å². The topological polar surface area (TPSA) is 130 Å². The maximum atomic E-state index is 14.3. The molecule has 224 valence electrons. The molecule has 0 spiro atoms. The van der Waals surface area contributed by atoms with E-state index in [1.807, 2.05) is 47.4 Å². The summed E-state index contributed by atoms with van der Waals surface area (Å²) < 4.78 is 84.4.